The summed E-state index contributed by atoms with van der Waals surface area (Å²) in [6.45, 7) is 0.454. The van der Waals surface area contributed by atoms with Crippen LogP contribution in [-0.2, 0) is 10.0 Å². The Morgan fingerprint density at radius 2 is 2.28 bits per heavy atom. The lowest BCUT2D eigenvalue weighted by atomic mass is 10.1. The van der Waals surface area contributed by atoms with Crippen molar-refractivity contribution < 1.29 is 13.5 Å². The van der Waals surface area contributed by atoms with Crippen LogP contribution in [-0.4, -0.2) is 31.6 Å². The number of sulfonamides is 1. The average molecular weight is 288 g/mol. The van der Waals surface area contributed by atoms with Gasteiger partial charge in [0, 0.05) is 6.54 Å². The minimum atomic E-state index is -3.54. The van der Waals surface area contributed by atoms with Gasteiger partial charge in [-0.1, -0.05) is 0 Å². The first-order valence-corrected chi connectivity index (χ1v) is 8.29. The zero-order chi connectivity index (χ0) is 13.2. The summed E-state index contributed by atoms with van der Waals surface area (Å²) in [5.41, 5.74) is 5.55. The van der Waals surface area contributed by atoms with Gasteiger partial charge in [0.1, 0.15) is 5.75 Å². The number of anilines is 1. The Morgan fingerprint density at radius 1 is 1.50 bits per heavy atom. The predicted octanol–water partition coefficient (Wildman–Crippen LogP) is 1.01. The summed E-state index contributed by atoms with van der Waals surface area (Å²) in [4.78, 5) is 0.0865. The molecule has 1 aliphatic rings. The molecular formula is C11H16N2O3S2. The molecule has 0 aromatic heterocycles. The molecule has 5 nitrogen and oxygen atoms in total. The third-order valence-corrected chi connectivity index (χ3v) is 5.55. The fraction of sp³-hybridized carbons (Fsp3) is 0.455. The maximum Gasteiger partial charge on any atom is 0.240 e. The van der Waals surface area contributed by atoms with Gasteiger partial charge in [0.05, 0.1) is 10.6 Å². The molecular weight excluding hydrogens is 272 g/mol. The molecule has 0 spiro atoms. The van der Waals surface area contributed by atoms with E-state index in [4.69, 9.17) is 5.73 Å². The molecule has 1 heterocycles. The summed E-state index contributed by atoms with van der Waals surface area (Å²) in [6, 6.07) is 3.90. The molecule has 100 valence electrons. The highest BCUT2D eigenvalue weighted by molar-refractivity contribution is 7.99. The predicted molar refractivity (Wildman–Crippen MR) is 73.1 cm³/mol. The lowest BCUT2D eigenvalue weighted by molar-refractivity contribution is 0.477. The standard InChI is InChI=1S/C11H16N2O3S2/c12-10-5-9(1-2-11(10)14)18(15,16)13-6-8-3-4-17-7-8/h1-2,5,8,13-14H,3-4,6-7,12H2. The molecule has 18 heavy (non-hydrogen) atoms. The summed E-state index contributed by atoms with van der Waals surface area (Å²) in [5, 5.41) is 9.27. The van der Waals surface area contributed by atoms with Crippen LogP contribution in [0.4, 0.5) is 5.69 Å². The van der Waals surface area contributed by atoms with Crippen molar-refractivity contribution in [2.24, 2.45) is 5.92 Å². The van der Waals surface area contributed by atoms with Crippen molar-refractivity contribution in [1.29, 1.82) is 0 Å². The van der Waals surface area contributed by atoms with Crippen LogP contribution >= 0.6 is 11.8 Å². The number of hydrogen-bond acceptors (Lipinski definition) is 5. The van der Waals surface area contributed by atoms with Gasteiger partial charge in [0.2, 0.25) is 10.0 Å². The second-order valence-electron chi connectivity index (χ2n) is 4.30. The number of aromatic hydroxyl groups is 1. The lowest BCUT2D eigenvalue weighted by Crippen LogP contribution is -2.29. The summed E-state index contributed by atoms with van der Waals surface area (Å²) in [6.07, 6.45) is 1.05. The van der Waals surface area contributed by atoms with Crippen LogP contribution in [0.5, 0.6) is 5.75 Å². The van der Waals surface area contributed by atoms with Crippen LogP contribution in [0.15, 0.2) is 23.1 Å². The van der Waals surface area contributed by atoms with Crippen molar-refractivity contribution in [3.63, 3.8) is 0 Å². The van der Waals surface area contributed by atoms with Crippen molar-refractivity contribution in [1.82, 2.24) is 4.72 Å². The Morgan fingerprint density at radius 3 is 2.89 bits per heavy atom. The van der Waals surface area contributed by atoms with E-state index in [2.05, 4.69) is 4.72 Å². The second-order valence-corrected chi connectivity index (χ2v) is 7.22. The molecule has 0 bridgehead atoms. The monoisotopic (exact) mass is 288 g/mol. The van der Waals surface area contributed by atoms with Crippen LogP contribution in [0.25, 0.3) is 0 Å². The average Bonchev–Trinajstić information content (AvgIpc) is 2.83. The van der Waals surface area contributed by atoms with Gasteiger partial charge in [-0.15, -0.1) is 0 Å². The molecule has 7 heteroatoms. The van der Waals surface area contributed by atoms with E-state index in [0.29, 0.717) is 12.5 Å². The van der Waals surface area contributed by atoms with Crippen LogP contribution in [0.2, 0.25) is 0 Å². The molecule has 1 saturated heterocycles. The zero-order valence-electron chi connectivity index (χ0n) is 9.80. The molecule has 1 aromatic rings. The molecule has 0 aliphatic carbocycles. The summed E-state index contributed by atoms with van der Waals surface area (Å²) in [7, 11) is -3.54. The minimum absolute atomic E-state index is 0.0642. The summed E-state index contributed by atoms with van der Waals surface area (Å²) >= 11 is 1.85. The maximum absolute atomic E-state index is 12.0. The molecule has 1 unspecified atom stereocenters. The minimum Gasteiger partial charge on any atom is -0.506 e. The van der Waals surface area contributed by atoms with E-state index in [1.807, 2.05) is 11.8 Å². The molecule has 0 amide bonds. The van der Waals surface area contributed by atoms with Gasteiger partial charge in [-0.3, -0.25) is 0 Å². The van der Waals surface area contributed by atoms with E-state index in [9.17, 15) is 13.5 Å². The van der Waals surface area contributed by atoms with Gasteiger partial charge in [-0.2, -0.15) is 11.8 Å². The highest BCUT2D eigenvalue weighted by atomic mass is 32.2. The second kappa shape index (κ2) is 5.38. The molecule has 4 N–H and O–H groups in total. The zero-order valence-corrected chi connectivity index (χ0v) is 11.4. The molecule has 1 fully saturated rings. The van der Waals surface area contributed by atoms with Crippen LogP contribution in [0.3, 0.4) is 0 Å². The number of nitrogens with one attached hydrogen (secondary N) is 1. The van der Waals surface area contributed by atoms with Crippen molar-refractivity contribution in [2.45, 2.75) is 11.3 Å². The van der Waals surface area contributed by atoms with Gasteiger partial charge in [0.15, 0.2) is 0 Å². The van der Waals surface area contributed by atoms with Gasteiger partial charge >= 0.3 is 0 Å². The first-order chi connectivity index (χ1) is 8.49. The third-order valence-electron chi connectivity index (χ3n) is 2.90. The number of nitrogens with two attached hydrogens (primary N) is 1. The topological polar surface area (TPSA) is 92.4 Å². The van der Waals surface area contributed by atoms with E-state index >= 15 is 0 Å². The number of phenolic OH excluding ortho intramolecular Hbond substituents is 1. The molecule has 1 aromatic carbocycles. The summed E-state index contributed by atoms with van der Waals surface area (Å²) < 4.78 is 26.6. The van der Waals surface area contributed by atoms with E-state index in [0.717, 1.165) is 17.9 Å². The fourth-order valence-electron chi connectivity index (χ4n) is 1.75. The first kappa shape index (κ1) is 13.5. The lowest BCUT2D eigenvalue weighted by Gasteiger charge is -2.11. The van der Waals surface area contributed by atoms with E-state index in [-0.39, 0.29) is 16.3 Å². The number of rotatable bonds is 4. The highest BCUT2D eigenvalue weighted by Crippen LogP contribution is 2.25. The number of phenols is 1. The van der Waals surface area contributed by atoms with Crippen molar-refractivity contribution >= 4 is 27.5 Å². The Balaban J connectivity index is 2.07. The first-order valence-electron chi connectivity index (χ1n) is 5.65. The largest absolute Gasteiger partial charge is 0.506 e. The Bertz CT molecular complexity index is 525. The van der Waals surface area contributed by atoms with Gasteiger partial charge in [-0.25, -0.2) is 13.1 Å². The number of hydrogen-bond donors (Lipinski definition) is 3. The van der Waals surface area contributed by atoms with E-state index in [1.165, 1.54) is 18.2 Å². The Kier molecular flexibility index (Phi) is 4.04. The van der Waals surface area contributed by atoms with Crippen LogP contribution in [0.1, 0.15) is 6.42 Å². The summed E-state index contributed by atoms with van der Waals surface area (Å²) in [5.74, 6) is 2.39. The Hall–Kier alpha value is -0.920. The van der Waals surface area contributed by atoms with E-state index < -0.39 is 10.0 Å². The van der Waals surface area contributed by atoms with Gasteiger partial charge < -0.3 is 10.8 Å². The highest BCUT2D eigenvalue weighted by Gasteiger charge is 2.20. The molecule has 0 saturated carbocycles. The quantitative estimate of drug-likeness (QED) is 0.568. The van der Waals surface area contributed by atoms with Crippen LogP contribution < -0.4 is 10.5 Å². The van der Waals surface area contributed by atoms with Crippen molar-refractivity contribution in [2.75, 3.05) is 23.8 Å². The van der Waals surface area contributed by atoms with Crippen molar-refractivity contribution in [3.8, 4) is 5.75 Å². The maximum atomic E-state index is 12.0. The van der Waals surface area contributed by atoms with Gasteiger partial charge in [-0.05, 0) is 42.0 Å². The van der Waals surface area contributed by atoms with Crippen molar-refractivity contribution in [3.05, 3.63) is 18.2 Å². The SMILES string of the molecule is Nc1cc(S(=O)(=O)NCC2CCSC2)ccc1O. The number of thioether (sulfide) groups is 1. The Labute approximate surface area is 111 Å². The molecule has 1 atom stereocenters. The number of benzene rings is 1. The molecule has 0 radical (unpaired) electrons. The third kappa shape index (κ3) is 3.09. The molecule has 1 aliphatic heterocycles. The number of nitrogen functional groups attached to an aromatic ring is 1. The normalized spacial score (nSPS) is 20.1. The smallest absolute Gasteiger partial charge is 0.240 e. The van der Waals surface area contributed by atoms with E-state index in [1.54, 1.807) is 0 Å². The fourth-order valence-corrected chi connectivity index (χ4v) is 4.19. The van der Waals surface area contributed by atoms with Gasteiger partial charge in [0.25, 0.3) is 0 Å². The molecule has 2 rings (SSSR count). The van der Waals surface area contributed by atoms with Crippen LogP contribution in [0, 0.1) is 5.92 Å².